The standard InChI is InChI=1S/C14H18N2O/c1-10-8-11(9-16(2)3)14(17-4)13-12(10)6-5-7-15-13/h5-8H,9H2,1-4H3. The van der Waals surface area contributed by atoms with Gasteiger partial charge < -0.3 is 9.64 Å². The lowest BCUT2D eigenvalue weighted by Crippen LogP contribution is -2.12. The molecule has 0 saturated heterocycles. The molecule has 1 aromatic carbocycles. The van der Waals surface area contributed by atoms with Crippen molar-refractivity contribution in [3.8, 4) is 5.75 Å². The van der Waals surface area contributed by atoms with E-state index >= 15 is 0 Å². The maximum atomic E-state index is 5.53. The van der Waals surface area contributed by atoms with E-state index in [9.17, 15) is 0 Å². The molecular formula is C14H18N2O. The van der Waals surface area contributed by atoms with Crippen LogP contribution in [-0.4, -0.2) is 31.1 Å². The first-order valence-corrected chi connectivity index (χ1v) is 5.69. The average molecular weight is 230 g/mol. The smallest absolute Gasteiger partial charge is 0.149 e. The molecule has 1 heterocycles. The highest BCUT2D eigenvalue weighted by Crippen LogP contribution is 2.31. The summed E-state index contributed by atoms with van der Waals surface area (Å²) in [7, 11) is 5.81. The first-order valence-electron chi connectivity index (χ1n) is 5.69. The molecule has 1 aromatic heterocycles. The Kier molecular flexibility index (Phi) is 3.29. The van der Waals surface area contributed by atoms with Crippen LogP contribution in [0.2, 0.25) is 0 Å². The summed E-state index contributed by atoms with van der Waals surface area (Å²) in [6.07, 6.45) is 1.81. The van der Waals surface area contributed by atoms with E-state index in [1.165, 1.54) is 11.1 Å². The van der Waals surface area contributed by atoms with Gasteiger partial charge >= 0.3 is 0 Å². The van der Waals surface area contributed by atoms with Gasteiger partial charge in [-0.2, -0.15) is 0 Å². The third kappa shape index (κ3) is 2.24. The molecule has 0 N–H and O–H groups in total. The zero-order valence-electron chi connectivity index (χ0n) is 10.8. The van der Waals surface area contributed by atoms with Gasteiger partial charge in [0.15, 0.2) is 0 Å². The molecule has 0 aliphatic rings. The van der Waals surface area contributed by atoms with E-state index in [0.717, 1.165) is 23.2 Å². The zero-order valence-corrected chi connectivity index (χ0v) is 10.8. The van der Waals surface area contributed by atoms with Gasteiger partial charge in [0.1, 0.15) is 11.3 Å². The number of hydrogen-bond donors (Lipinski definition) is 0. The molecule has 0 saturated carbocycles. The van der Waals surface area contributed by atoms with E-state index in [0.29, 0.717) is 0 Å². The molecule has 0 unspecified atom stereocenters. The highest BCUT2D eigenvalue weighted by Gasteiger charge is 2.12. The van der Waals surface area contributed by atoms with Crippen LogP contribution in [0.4, 0.5) is 0 Å². The second-order valence-electron chi connectivity index (χ2n) is 4.52. The molecule has 3 heteroatoms. The van der Waals surface area contributed by atoms with Crippen LogP contribution in [0.15, 0.2) is 24.4 Å². The number of rotatable bonds is 3. The Balaban J connectivity index is 2.68. The second-order valence-corrected chi connectivity index (χ2v) is 4.52. The molecule has 0 spiro atoms. The fourth-order valence-corrected chi connectivity index (χ4v) is 2.15. The van der Waals surface area contributed by atoms with Crippen LogP contribution in [0.3, 0.4) is 0 Å². The quantitative estimate of drug-likeness (QED) is 0.810. The monoisotopic (exact) mass is 230 g/mol. The highest BCUT2D eigenvalue weighted by atomic mass is 16.5. The van der Waals surface area contributed by atoms with Crippen molar-refractivity contribution in [1.82, 2.24) is 9.88 Å². The number of aryl methyl sites for hydroxylation is 1. The highest BCUT2D eigenvalue weighted by molar-refractivity contribution is 5.88. The molecule has 0 bridgehead atoms. The summed E-state index contributed by atoms with van der Waals surface area (Å²) in [5.41, 5.74) is 3.37. The van der Waals surface area contributed by atoms with Gasteiger partial charge in [0, 0.05) is 23.7 Å². The predicted octanol–water partition coefficient (Wildman–Crippen LogP) is 2.61. The van der Waals surface area contributed by atoms with Crippen molar-refractivity contribution in [1.29, 1.82) is 0 Å². The maximum absolute atomic E-state index is 5.53. The first-order chi connectivity index (χ1) is 8.13. The van der Waals surface area contributed by atoms with Crippen LogP contribution >= 0.6 is 0 Å². The number of nitrogens with zero attached hydrogens (tertiary/aromatic N) is 2. The van der Waals surface area contributed by atoms with Gasteiger partial charge in [-0.1, -0.05) is 12.1 Å². The van der Waals surface area contributed by atoms with Gasteiger partial charge in [-0.3, -0.25) is 4.98 Å². The van der Waals surface area contributed by atoms with Crippen LogP contribution in [0.1, 0.15) is 11.1 Å². The Morgan fingerprint density at radius 1 is 1.35 bits per heavy atom. The predicted molar refractivity (Wildman–Crippen MR) is 70.4 cm³/mol. The number of fused-ring (bicyclic) bond motifs is 1. The van der Waals surface area contributed by atoms with E-state index in [-0.39, 0.29) is 0 Å². The fraction of sp³-hybridized carbons (Fsp3) is 0.357. The molecule has 0 amide bonds. The van der Waals surface area contributed by atoms with Gasteiger partial charge in [-0.05, 0) is 32.6 Å². The summed E-state index contributed by atoms with van der Waals surface area (Å²) in [5.74, 6) is 0.889. The van der Waals surface area contributed by atoms with Crippen molar-refractivity contribution >= 4 is 10.9 Å². The van der Waals surface area contributed by atoms with Crippen molar-refractivity contribution < 1.29 is 4.74 Å². The van der Waals surface area contributed by atoms with E-state index < -0.39 is 0 Å². The number of pyridine rings is 1. The molecule has 2 rings (SSSR count). The lowest BCUT2D eigenvalue weighted by Gasteiger charge is -2.16. The molecule has 0 aliphatic carbocycles. The van der Waals surface area contributed by atoms with Gasteiger partial charge in [0.05, 0.1) is 7.11 Å². The zero-order chi connectivity index (χ0) is 12.4. The summed E-state index contributed by atoms with van der Waals surface area (Å²) < 4.78 is 5.53. The van der Waals surface area contributed by atoms with Crippen LogP contribution in [-0.2, 0) is 6.54 Å². The molecule has 3 nitrogen and oxygen atoms in total. The van der Waals surface area contributed by atoms with Crippen molar-refractivity contribution in [2.45, 2.75) is 13.5 Å². The number of methoxy groups -OCH3 is 1. The number of aromatic nitrogens is 1. The minimum Gasteiger partial charge on any atom is -0.494 e. The van der Waals surface area contributed by atoms with E-state index in [1.807, 2.05) is 12.3 Å². The van der Waals surface area contributed by atoms with E-state index in [4.69, 9.17) is 4.74 Å². The molecule has 0 atom stereocenters. The van der Waals surface area contributed by atoms with Crippen LogP contribution in [0, 0.1) is 6.92 Å². The largest absolute Gasteiger partial charge is 0.494 e. The summed E-state index contributed by atoms with van der Waals surface area (Å²) in [5, 5.41) is 1.16. The summed E-state index contributed by atoms with van der Waals surface area (Å²) in [4.78, 5) is 6.57. The second kappa shape index (κ2) is 4.72. The van der Waals surface area contributed by atoms with Crippen LogP contribution in [0.25, 0.3) is 10.9 Å². The van der Waals surface area contributed by atoms with Gasteiger partial charge in [0.25, 0.3) is 0 Å². The first kappa shape index (κ1) is 11.9. The van der Waals surface area contributed by atoms with E-state index in [2.05, 4.69) is 43.0 Å². The van der Waals surface area contributed by atoms with E-state index in [1.54, 1.807) is 7.11 Å². The molecule has 0 aliphatic heterocycles. The minimum atomic E-state index is 0.858. The topological polar surface area (TPSA) is 25.4 Å². The number of ether oxygens (including phenoxy) is 1. The van der Waals surface area contributed by atoms with Crippen molar-refractivity contribution in [2.24, 2.45) is 0 Å². The normalized spacial score (nSPS) is 11.1. The van der Waals surface area contributed by atoms with Gasteiger partial charge in [0.2, 0.25) is 0 Å². The Morgan fingerprint density at radius 2 is 2.12 bits per heavy atom. The molecule has 0 radical (unpaired) electrons. The molecule has 90 valence electrons. The molecular weight excluding hydrogens is 212 g/mol. The van der Waals surface area contributed by atoms with Crippen molar-refractivity contribution in [3.63, 3.8) is 0 Å². The lowest BCUT2D eigenvalue weighted by molar-refractivity contribution is 0.374. The van der Waals surface area contributed by atoms with Crippen LogP contribution in [0.5, 0.6) is 5.75 Å². The lowest BCUT2D eigenvalue weighted by atomic mass is 10.0. The van der Waals surface area contributed by atoms with Gasteiger partial charge in [-0.15, -0.1) is 0 Å². The Labute approximate surface area is 102 Å². The molecule has 0 fully saturated rings. The Bertz CT molecular complexity index is 535. The third-order valence-electron chi connectivity index (χ3n) is 2.82. The van der Waals surface area contributed by atoms with Crippen molar-refractivity contribution in [2.75, 3.05) is 21.2 Å². The fourth-order valence-electron chi connectivity index (χ4n) is 2.15. The maximum Gasteiger partial charge on any atom is 0.149 e. The SMILES string of the molecule is COc1c(CN(C)C)cc(C)c2cccnc12. The summed E-state index contributed by atoms with van der Waals surface area (Å²) in [6.45, 7) is 2.97. The van der Waals surface area contributed by atoms with Crippen LogP contribution < -0.4 is 4.74 Å². The number of hydrogen-bond acceptors (Lipinski definition) is 3. The minimum absolute atomic E-state index is 0.858. The number of benzene rings is 1. The molecule has 2 aromatic rings. The third-order valence-corrected chi connectivity index (χ3v) is 2.82. The molecule has 17 heavy (non-hydrogen) atoms. The summed E-state index contributed by atoms with van der Waals surface area (Å²) >= 11 is 0. The van der Waals surface area contributed by atoms with Crippen molar-refractivity contribution in [3.05, 3.63) is 35.5 Å². The Hall–Kier alpha value is -1.61. The Morgan fingerprint density at radius 3 is 2.76 bits per heavy atom. The summed E-state index contributed by atoms with van der Waals surface area (Å²) in [6, 6.07) is 6.23. The average Bonchev–Trinajstić information content (AvgIpc) is 2.29. The van der Waals surface area contributed by atoms with Gasteiger partial charge in [-0.25, -0.2) is 0 Å².